The second-order valence-electron chi connectivity index (χ2n) is 8.09. The van der Waals surface area contributed by atoms with Gasteiger partial charge in [-0.25, -0.2) is 9.37 Å². The van der Waals surface area contributed by atoms with Crippen LogP contribution in [0.25, 0.3) is 11.0 Å². The van der Waals surface area contributed by atoms with E-state index in [4.69, 9.17) is 0 Å². The minimum absolute atomic E-state index is 0.150. The smallest absolute Gasteiger partial charge is 0.294 e. The summed E-state index contributed by atoms with van der Waals surface area (Å²) >= 11 is 0. The molecule has 1 aliphatic rings. The lowest BCUT2D eigenvalue weighted by Crippen LogP contribution is -2.50. The lowest BCUT2D eigenvalue weighted by atomic mass is 10.1. The van der Waals surface area contributed by atoms with E-state index in [0.29, 0.717) is 44.1 Å². The Morgan fingerprint density at radius 3 is 2.36 bits per heavy atom. The van der Waals surface area contributed by atoms with Gasteiger partial charge >= 0.3 is 0 Å². The summed E-state index contributed by atoms with van der Waals surface area (Å²) in [5, 5.41) is 0. The van der Waals surface area contributed by atoms with Gasteiger partial charge in [-0.3, -0.25) is 14.2 Å². The van der Waals surface area contributed by atoms with E-state index in [1.807, 2.05) is 59.5 Å². The summed E-state index contributed by atoms with van der Waals surface area (Å²) in [6, 6.07) is 23.2. The Balaban J connectivity index is 1.42. The van der Waals surface area contributed by atoms with Crippen molar-refractivity contribution in [1.82, 2.24) is 14.5 Å². The minimum atomic E-state index is -0.432. The number of halogens is 1. The van der Waals surface area contributed by atoms with Crippen molar-refractivity contribution in [3.63, 3.8) is 0 Å². The van der Waals surface area contributed by atoms with Crippen LogP contribution in [0.15, 0.2) is 83.7 Å². The number of carbonyl (C=O) groups excluding carboxylic acids is 1. The van der Waals surface area contributed by atoms with Gasteiger partial charge in [0.25, 0.3) is 11.5 Å². The normalized spacial score (nSPS) is 14.0. The second-order valence-corrected chi connectivity index (χ2v) is 8.09. The van der Waals surface area contributed by atoms with Crippen LogP contribution >= 0.6 is 0 Å². The molecule has 1 aliphatic heterocycles. The summed E-state index contributed by atoms with van der Waals surface area (Å²) in [6.07, 6.45) is 0. The van der Waals surface area contributed by atoms with Crippen LogP contribution in [0, 0.1) is 5.82 Å². The van der Waals surface area contributed by atoms with Gasteiger partial charge in [0.15, 0.2) is 5.82 Å². The number of rotatable bonds is 4. The standard InChI is InChI=1S/C26H23FN4O2/c27-21-10-6-9-20(17-21)25(32)30-15-13-29(14-16-30)24-26(33)31(18-19-7-2-1-3-8-19)23-12-5-4-11-22(23)28-24/h1-12,17H,13-16,18H2. The van der Waals surface area contributed by atoms with Gasteiger partial charge in [-0.2, -0.15) is 0 Å². The number of para-hydroxylation sites is 2. The predicted octanol–water partition coefficient (Wildman–Crippen LogP) is 3.55. The van der Waals surface area contributed by atoms with Crippen LogP contribution in [0.4, 0.5) is 10.2 Å². The largest absolute Gasteiger partial charge is 0.348 e. The fourth-order valence-electron chi connectivity index (χ4n) is 4.23. The summed E-state index contributed by atoms with van der Waals surface area (Å²) in [4.78, 5) is 34.6. The van der Waals surface area contributed by atoms with Gasteiger partial charge in [0, 0.05) is 31.7 Å². The van der Waals surface area contributed by atoms with E-state index < -0.39 is 5.82 Å². The van der Waals surface area contributed by atoms with Crippen LogP contribution in [-0.2, 0) is 6.54 Å². The maximum atomic E-state index is 13.5. The quantitative estimate of drug-likeness (QED) is 0.485. The number of hydrogen-bond acceptors (Lipinski definition) is 4. The number of carbonyl (C=O) groups is 1. The zero-order valence-corrected chi connectivity index (χ0v) is 18.0. The van der Waals surface area contributed by atoms with Gasteiger partial charge in [-0.15, -0.1) is 0 Å². The number of amides is 1. The zero-order valence-electron chi connectivity index (χ0n) is 18.0. The molecule has 33 heavy (non-hydrogen) atoms. The molecule has 0 aliphatic carbocycles. The summed E-state index contributed by atoms with van der Waals surface area (Å²) < 4.78 is 15.3. The van der Waals surface area contributed by atoms with Crippen molar-refractivity contribution in [3.05, 3.63) is 106 Å². The molecule has 166 valence electrons. The molecule has 4 aromatic rings. The van der Waals surface area contributed by atoms with Gasteiger partial charge < -0.3 is 9.80 Å². The van der Waals surface area contributed by atoms with Crippen molar-refractivity contribution in [3.8, 4) is 0 Å². The minimum Gasteiger partial charge on any atom is -0.348 e. The average Bonchev–Trinajstić information content (AvgIpc) is 2.86. The van der Waals surface area contributed by atoms with Crippen molar-refractivity contribution in [2.45, 2.75) is 6.54 Å². The first kappa shape index (κ1) is 20.9. The average molecular weight is 442 g/mol. The van der Waals surface area contributed by atoms with E-state index in [0.717, 1.165) is 16.6 Å². The highest BCUT2D eigenvalue weighted by atomic mass is 19.1. The topological polar surface area (TPSA) is 58.4 Å². The van der Waals surface area contributed by atoms with E-state index in [-0.39, 0.29) is 11.5 Å². The Labute approximate surface area is 190 Å². The van der Waals surface area contributed by atoms with Crippen LogP contribution in [-0.4, -0.2) is 46.5 Å². The predicted molar refractivity (Wildman–Crippen MR) is 126 cm³/mol. The number of fused-ring (bicyclic) bond motifs is 1. The highest BCUT2D eigenvalue weighted by Gasteiger charge is 2.25. The molecular formula is C26H23FN4O2. The van der Waals surface area contributed by atoms with Crippen LogP contribution in [0.1, 0.15) is 15.9 Å². The van der Waals surface area contributed by atoms with Gasteiger partial charge in [0.2, 0.25) is 0 Å². The first-order valence-electron chi connectivity index (χ1n) is 10.9. The van der Waals surface area contributed by atoms with Gasteiger partial charge in [-0.05, 0) is 35.9 Å². The SMILES string of the molecule is O=C(c1cccc(F)c1)N1CCN(c2nc3ccccc3n(Cc3ccccc3)c2=O)CC1. The van der Waals surface area contributed by atoms with Crippen molar-refractivity contribution < 1.29 is 9.18 Å². The Hall–Kier alpha value is -4.00. The van der Waals surface area contributed by atoms with Crippen LogP contribution < -0.4 is 10.5 Å². The maximum Gasteiger partial charge on any atom is 0.294 e. The van der Waals surface area contributed by atoms with E-state index in [2.05, 4.69) is 4.98 Å². The maximum absolute atomic E-state index is 13.5. The molecule has 0 N–H and O–H groups in total. The summed E-state index contributed by atoms with van der Waals surface area (Å²) in [6.45, 7) is 2.28. The Morgan fingerprint density at radius 1 is 0.879 bits per heavy atom. The third-order valence-corrected chi connectivity index (χ3v) is 5.96. The van der Waals surface area contributed by atoms with Crippen molar-refractivity contribution in [2.24, 2.45) is 0 Å². The van der Waals surface area contributed by atoms with E-state index >= 15 is 0 Å². The fourth-order valence-corrected chi connectivity index (χ4v) is 4.23. The summed E-state index contributed by atoms with van der Waals surface area (Å²) in [5.74, 6) is -0.247. The van der Waals surface area contributed by atoms with Crippen LogP contribution in [0.2, 0.25) is 0 Å². The van der Waals surface area contributed by atoms with E-state index in [1.165, 1.54) is 18.2 Å². The molecule has 7 heteroatoms. The second kappa shape index (κ2) is 8.86. The molecular weight excluding hydrogens is 419 g/mol. The number of piperazine rings is 1. The highest BCUT2D eigenvalue weighted by Crippen LogP contribution is 2.18. The third-order valence-electron chi connectivity index (χ3n) is 5.96. The monoisotopic (exact) mass is 442 g/mol. The molecule has 2 heterocycles. The van der Waals surface area contributed by atoms with Crippen molar-refractivity contribution in [1.29, 1.82) is 0 Å². The van der Waals surface area contributed by atoms with Crippen LogP contribution in [0.3, 0.4) is 0 Å². The summed E-state index contributed by atoms with van der Waals surface area (Å²) in [7, 11) is 0. The van der Waals surface area contributed by atoms with Crippen molar-refractivity contribution >= 4 is 22.8 Å². The molecule has 0 bridgehead atoms. The van der Waals surface area contributed by atoms with Gasteiger partial charge in [-0.1, -0.05) is 48.5 Å². The molecule has 3 aromatic carbocycles. The number of hydrogen-bond donors (Lipinski definition) is 0. The molecule has 1 aromatic heterocycles. The first-order valence-corrected chi connectivity index (χ1v) is 10.9. The molecule has 0 spiro atoms. The van der Waals surface area contributed by atoms with Crippen LogP contribution in [0.5, 0.6) is 0 Å². The lowest BCUT2D eigenvalue weighted by molar-refractivity contribution is 0.0746. The third kappa shape index (κ3) is 4.22. The molecule has 1 fully saturated rings. The van der Waals surface area contributed by atoms with E-state index in [1.54, 1.807) is 15.5 Å². The number of anilines is 1. The molecule has 0 radical (unpaired) electrons. The summed E-state index contributed by atoms with van der Waals surface area (Å²) in [5.41, 5.74) is 2.75. The zero-order chi connectivity index (χ0) is 22.8. The van der Waals surface area contributed by atoms with Gasteiger partial charge in [0.05, 0.1) is 17.6 Å². The van der Waals surface area contributed by atoms with E-state index in [9.17, 15) is 14.0 Å². The highest BCUT2D eigenvalue weighted by molar-refractivity contribution is 5.94. The molecule has 0 unspecified atom stereocenters. The fraction of sp³-hybridized carbons (Fsp3) is 0.192. The molecule has 0 saturated carbocycles. The molecule has 1 saturated heterocycles. The lowest BCUT2D eigenvalue weighted by Gasteiger charge is -2.35. The number of aromatic nitrogens is 2. The molecule has 1 amide bonds. The molecule has 0 atom stereocenters. The first-order chi connectivity index (χ1) is 16.1. The molecule has 5 rings (SSSR count). The Kier molecular flexibility index (Phi) is 5.60. The molecule has 6 nitrogen and oxygen atoms in total. The number of benzene rings is 3. The van der Waals surface area contributed by atoms with Gasteiger partial charge in [0.1, 0.15) is 5.82 Å². The Morgan fingerprint density at radius 2 is 1.61 bits per heavy atom. The number of nitrogens with zero attached hydrogens (tertiary/aromatic N) is 4. The van der Waals surface area contributed by atoms with Crippen molar-refractivity contribution in [2.75, 3.05) is 31.1 Å². The Bertz CT molecular complexity index is 1360.